The van der Waals surface area contributed by atoms with Crippen molar-refractivity contribution in [3.63, 3.8) is 0 Å². The molecule has 0 aromatic heterocycles. The Morgan fingerprint density at radius 1 is 0.935 bits per heavy atom. The first-order valence-corrected chi connectivity index (χ1v) is 10.6. The number of para-hydroxylation sites is 1. The van der Waals surface area contributed by atoms with E-state index in [0.29, 0.717) is 35.9 Å². The van der Waals surface area contributed by atoms with Gasteiger partial charge in [-0.15, -0.1) is 0 Å². The highest BCUT2D eigenvalue weighted by molar-refractivity contribution is 9.10. The number of hydrogen-bond acceptors (Lipinski definition) is 4. The zero-order valence-electron chi connectivity index (χ0n) is 17.1. The molecule has 0 atom stereocenters. The van der Waals surface area contributed by atoms with Crippen molar-refractivity contribution < 1.29 is 19.1 Å². The highest BCUT2D eigenvalue weighted by atomic mass is 79.9. The van der Waals surface area contributed by atoms with E-state index in [0.717, 1.165) is 10.0 Å². The molecule has 0 aliphatic carbocycles. The van der Waals surface area contributed by atoms with Crippen LogP contribution in [0.4, 0.5) is 5.69 Å². The Kier molecular flexibility index (Phi) is 8.06. The summed E-state index contributed by atoms with van der Waals surface area (Å²) in [5.74, 6) is 0.587. The van der Waals surface area contributed by atoms with Gasteiger partial charge in [0.2, 0.25) is 0 Å². The van der Waals surface area contributed by atoms with Gasteiger partial charge >= 0.3 is 0 Å². The maximum absolute atomic E-state index is 12.8. The van der Waals surface area contributed by atoms with Crippen LogP contribution < -0.4 is 20.1 Å². The molecule has 0 heterocycles. The number of halogens is 1. The molecule has 2 N–H and O–H groups in total. The van der Waals surface area contributed by atoms with Gasteiger partial charge in [-0.05, 0) is 61.0 Å². The maximum Gasteiger partial charge on any atom is 0.259 e. The third-order valence-electron chi connectivity index (χ3n) is 4.27. The Balaban J connectivity index is 1.61. The standard InChI is InChI=1S/C24H23BrN2O4/c1-2-26-23(28)16-30-20-12-10-19(11-13-20)27-24(29)21-8-3-4-9-22(21)31-15-17-6-5-7-18(25)14-17/h3-14H,2,15-16H2,1H3,(H,26,28)(H,27,29). The highest BCUT2D eigenvalue weighted by Gasteiger charge is 2.13. The molecule has 0 bridgehead atoms. The van der Waals surface area contributed by atoms with Crippen molar-refractivity contribution in [1.82, 2.24) is 5.32 Å². The quantitative estimate of drug-likeness (QED) is 0.459. The van der Waals surface area contributed by atoms with E-state index in [1.165, 1.54) is 0 Å². The number of carbonyl (C=O) groups excluding carboxylic acids is 2. The number of hydrogen-bond donors (Lipinski definition) is 2. The lowest BCUT2D eigenvalue weighted by Crippen LogP contribution is -2.28. The van der Waals surface area contributed by atoms with Crippen LogP contribution in [0.3, 0.4) is 0 Å². The molecule has 7 heteroatoms. The molecular formula is C24H23BrN2O4. The molecule has 3 aromatic rings. The van der Waals surface area contributed by atoms with Gasteiger partial charge in [-0.3, -0.25) is 9.59 Å². The summed E-state index contributed by atoms with van der Waals surface area (Å²) in [4.78, 5) is 24.3. The van der Waals surface area contributed by atoms with E-state index < -0.39 is 0 Å². The zero-order valence-corrected chi connectivity index (χ0v) is 18.6. The van der Waals surface area contributed by atoms with Gasteiger partial charge in [0.25, 0.3) is 11.8 Å². The third-order valence-corrected chi connectivity index (χ3v) is 4.76. The molecule has 0 saturated heterocycles. The van der Waals surface area contributed by atoms with Crippen LogP contribution in [0.25, 0.3) is 0 Å². The molecule has 0 radical (unpaired) electrons. The van der Waals surface area contributed by atoms with E-state index in [2.05, 4.69) is 26.6 Å². The number of rotatable bonds is 9. The number of likely N-dealkylation sites (N-methyl/N-ethyl adjacent to an activating group) is 1. The molecule has 2 amide bonds. The monoisotopic (exact) mass is 482 g/mol. The first-order valence-electron chi connectivity index (χ1n) is 9.82. The average molecular weight is 483 g/mol. The van der Waals surface area contributed by atoms with Crippen LogP contribution in [0, 0.1) is 0 Å². The van der Waals surface area contributed by atoms with Gasteiger partial charge in [0.1, 0.15) is 18.1 Å². The fraction of sp³-hybridized carbons (Fsp3) is 0.167. The van der Waals surface area contributed by atoms with E-state index in [-0.39, 0.29) is 18.4 Å². The molecule has 0 aliphatic heterocycles. The molecule has 3 aromatic carbocycles. The van der Waals surface area contributed by atoms with Crippen molar-refractivity contribution in [3.8, 4) is 11.5 Å². The van der Waals surface area contributed by atoms with Gasteiger partial charge in [-0.1, -0.05) is 40.2 Å². The number of amides is 2. The molecule has 160 valence electrons. The van der Waals surface area contributed by atoms with E-state index in [1.807, 2.05) is 37.3 Å². The summed E-state index contributed by atoms with van der Waals surface area (Å²) in [6.45, 7) is 2.70. The van der Waals surface area contributed by atoms with Crippen LogP contribution in [-0.2, 0) is 11.4 Å². The van der Waals surface area contributed by atoms with E-state index in [4.69, 9.17) is 9.47 Å². The fourth-order valence-corrected chi connectivity index (χ4v) is 3.24. The van der Waals surface area contributed by atoms with Gasteiger partial charge in [-0.25, -0.2) is 0 Å². The van der Waals surface area contributed by atoms with Crippen LogP contribution in [0.5, 0.6) is 11.5 Å². The van der Waals surface area contributed by atoms with E-state index in [9.17, 15) is 9.59 Å². The summed E-state index contributed by atoms with van der Waals surface area (Å²) >= 11 is 3.44. The van der Waals surface area contributed by atoms with Gasteiger partial charge in [-0.2, -0.15) is 0 Å². The molecule has 0 unspecified atom stereocenters. The predicted molar refractivity (Wildman–Crippen MR) is 123 cm³/mol. The third kappa shape index (κ3) is 6.86. The lowest BCUT2D eigenvalue weighted by molar-refractivity contribution is -0.122. The highest BCUT2D eigenvalue weighted by Crippen LogP contribution is 2.23. The van der Waals surface area contributed by atoms with Crippen LogP contribution in [0.2, 0.25) is 0 Å². The summed E-state index contributed by atoms with van der Waals surface area (Å²) < 4.78 is 12.3. The molecule has 0 spiro atoms. The van der Waals surface area contributed by atoms with Gasteiger partial charge in [0, 0.05) is 16.7 Å². The fourth-order valence-electron chi connectivity index (χ4n) is 2.80. The van der Waals surface area contributed by atoms with Crippen molar-refractivity contribution in [2.45, 2.75) is 13.5 Å². The second kappa shape index (κ2) is 11.2. The van der Waals surface area contributed by atoms with E-state index >= 15 is 0 Å². The number of benzene rings is 3. The Hall–Kier alpha value is -3.32. The predicted octanol–water partition coefficient (Wildman–Crippen LogP) is 4.80. The minimum absolute atomic E-state index is 0.0533. The van der Waals surface area contributed by atoms with Crippen molar-refractivity contribution in [2.24, 2.45) is 0 Å². The largest absolute Gasteiger partial charge is 0.488 e. The smallest absolute Gasteiger partial charge is 0.259 e. The van der Waals surface area contributed by atoms with E-state index in [1.54, 1.807) is 42.5 Å². The SMILES string of the molecule is CCNC(=O)COc1ccc(NC(=O)c2ccccc2OCc2cccc(Br)c2)cc1. The Morgan fingerprint density at radius 3 is 2.45 bits per heavy atom. The second-order valence-corrected chi connectivity index (χ2v) is 7.55. The second-order valence-electron chi connectivity index (χ2n) is 6.64. The van der Waals surface area contributed by atoms with Crippen LogP contribution in [0.15, 0.2) is 77.3 Å². The summed E-state index contributed by atoms with van der Waals surface area (Å²) in [5, 5.41) is 5.52. The minimum Gasteiger partial charge on any atom is -0.488 e. The van der Waals surface area contributed by atoms with Crippen molar-refractivity contribution >= 4 is 33.4 Å². The number of carbonyl (C=O) groups is 2. The molecule has 6 nitrogen and oxygen atoms in total. The Bertz CT molecular complexity index is 1040. The molecule has 0 aliphatic rings. The lowest BCUT2D eigenvalue weighted by atomic mass is 10.1. The normalized spacial score (nSPS) is 10.3. The maximum atomic E-state index is 12.8. The van der Waals surface area contributed by atoms with Crippen molar-refractivity contribution in [2.75, 3.05) is 18.5 Å². The number of anilines is 1. The summed E-state index contributed by atoms with van der Waals surface area (Å²) in [7, 11) is 0. The Labute approximate surface area is 189 Å². The summed E-state index contributed by atoms with van der Waals surface area (Å²) in [6.07, 6.45) is 0. The topological polar surface area (TPSA) is 76.7 Å². The van der Waals surface area contributed by atoms with Crippen LogP contribution in [0.1, 0.15) is 22.8 Å². The van der Waals surface area contributed by atoms with Crippen molar-refractivity contribution in [1.29, 1.82) is 0 Å². The molecule has 0 saturated carbocycles. The van der Waals surface area contributed by atoms with Gasteiger partial charge in [0.05, 0.1) is 5.56 Å². The molecule has 31 heavy (non-hydrogen) atoms. The molecule has 0 fully saturated rings. The zero-order chi connectivity index (χ0) is 22.1. The summed E-state index contributed by atoms with van der Waals surface area (Å²) in [6, 6.07) is 21.8. The first kappa shape index (κ1) is 22.4. The van der Waals surface area contributed by atoms with Gasteiger partial charge < -0.3 is 20.1 Å². The average Bonchev–Trinajstić information content (AvgIpc) is 2.78. The summed E-state index contributed by atoms with van der Waals surface area (Å²) in [5.41, 5.74) is 2.04. The first-order chi connectivity index (χ1) is 15.0. The number of nitrogens with one attached hydrogen (secondary N) is 2. The van der Waals surface area contributed by atoms with Crippen molar-refractivity contribution in [3.05, 3.63) is 88.4 Å². The number of ether oxygens (including phenoxy) is 2. The van der Waals surface area contributed by atoms with Crippen LogP contribution in [-0.4, -0.2) is 25.0 Å². The Morgan fingerprint density at radius 2 is 1.71 bits per heavy atom. The molecular weight excluding hydrogens is 460 g/mol. The molecule has 3 rings (SSSR count). The lowest BCUT2D eigenvalue weighted by Gasteiger charge is -2.12. The van der Waals surface area contributed by atoms with Crippen LogP contribution >= 0.6 is 15.9 Å². The minimum atomic E-state index is -0.277. The van der Waals surface area contributed by atoms with Gasteiger partial charge in [0.15, 0.2) is 6.61 Å².